The number of ether oxygens (including phenoxy) is 1. The molecule has 7 nitrogen and oxygen atoms in total. The number of benzene rings is 2. The molecule has 3 heterocycles. The lowest BCUT2D eigenvalue weighted by molar-refractivity contribution is 0.0512. The van der Waals surface area contributed by atoms with Crippen molar-refractivity contribution in [1.29, 1.82) is 0 Å². The minimum atomic E-state index is -2.84. The predicted molar refractivity (Wildman–Crippen MR) is 146 cm³/mol. The Bertz CT molecular complexity index is 1260. The van der Waals surface area contributed by atoms with E-state index in [1.807, 2.05) is 18.2 Å². The van der Waals surface area contributed by atoms with Crippen molar-refractivity contribution in [3.8, 4) is 11.1 Å². The highest BCUT2D eigenvalue weighted by atomic mass is 35.5. The molecule has 5 rings (SSSR count). The molecule has 0 radical (unpaired) electrons. The highest BCUT2D eigenvalue weighted by molar-refractivity contribution is 6.31. The van der Waals surface area contributed by atoms with Crippen LogP contribution in [0.5, 0.6) is 0 Å². The first-order valence-corrected chi connectivity index (χ1v) is 13.5. The monoisotopic (exact) mass is 543 g/mol. The van der Waals surface area contributed by atoms with Crippen molar-refractivity contribution in [2.45, 2.75) is 32.2 Å². The smallest absolute Gasteiger partial charge is 0.341 e. The SMILES string of the molecule is CCOC(=O)c1cnn(C2CCCN(c3cc(Cl)ccc3-c3ccc(N4CCNCC4)cc3)C2)c1C(F)F. The number of hydrogen-bond acceptors (Lipinski definition) is 6. The molecule has 2 aliphatic heterocycles. The van der Waals surface area contributed by atoms with E-state index in [0.29, 0.717) is 18.0 Å². The molecule has 0 amide bonds. The first-order valence-electron chi connectivity index (χ1n) is 13.1. The molecule has 0 aliphatic carbocycles. The van der Waals surface area contributed by atoms with E-state index in [1.165, 1.54) is 16.6 Å². The molecule has 1 unspecified atom stereocenters. The number of carbonyl (C=O) groups is 1. The molecule has 2 saturated heterocycles. The van der Waals surface area contributed by atoms with Crippen molar-refractivity contribution in [3.63, 3.8) is 0 Å². The Labute approximate surface area is 226 Å². The standard InChI is InChI=1S/C28H32ClF2N5O2/c1-2-38-28(37)24-17-33-36(26(24)27(30)31)22-4-3-13-35(18-22)25-16-20(29)7-10-23(25)19-5-8-21(9-6-19)34-14-11-32-12-15-34/h5-10,16-17,22,27,32H,2-4,11-15,18H2,1H3. The van der Waals surface area contributed by atoms with E-state index >= 15 is 0 Å². The van der Waals surface area contributed by atoms with Crippen LogP contribution in [0.3, 0.4) is 0 Å². The van der Waals surface area contributed by atoms with Crippen molar-refractivity contribution in [3.05, 3.63) is 64.9 Å². The molecule has 1 aromatic heterocycles. The van der Waals surface area contributed by atoms with Crippen LogP contribution in [0.25, 0.3) is 11.1 Å². The maximum Gasteiger partial charge on any atom is 0.341 e. The normalized spacial score (nSPS) is 18.2. The second kappa shape index (κ2) is 11.7. The van der Waals surface area contributed by atoms with E-state index < -0.39 is 12.4 Å². The van der Waals surface area contributed by atoms with Crippen molar-refractivity contribution in [2.24, 2.45) is 0 Å². The first kappa shape index (κ1) is 26.4. The molecule has 0 spiro atoms. The summed E-state index contributed by atoms with van der Waals surface area (Å²) in [6, 6.07) is 14.0. The van der Waals surface area contributed by atoms with Crippen LogP contribution in [0, 0.1) is 0 Å². The minimum Gasteiger partial charge on any atom is -0.462 e. The van der Waals surface area contributed by atoms with Gasteiger partial charge in [0, 0.05) is 61.2 Å². The van der Waals surface area contributed by atoms with Gasteiger partial charge in [-0.3, -0.25) is 4.68 Å². The first-order chi connectivity index (χ1) is 18.5. The Morgan fingerprint density at radius 2 is 1.89 bits per heavy atom. The fraction of sp³-hybridized carbons (Fsp3) is 0.429. The van der Waals surface area contributed by atoms with Gasteiger partial charge >= 0.3 is 5.97 Å². The fourth-order valence-electron chi connectivity index (χ4n) is 5.40. The Kier molecular flexibility index (Phi) is 8.14. The lowest BCUT2D eigenvalue weighted by Crippen LogP contribution is -2.43. The molecule has 0 saturated carbocycles. The quantitative estimate of drug-likeness (QED) is 0.393. The van der Waals surface area contributed by atoms with Gasteiger partial charge in [0.25, 0.3) is 6.43 Å². The minimum absolute atomic E-state index is 0.109. The summed E-state index contributed by atoms with van der Waals surface area (Å²) in [5.41, 5.74) is 3.68. The summed E-state index contributed by atoms with van der Waals surface area (Å²) in [6.45, 7) is 6.89. The van der Waals surface area contributed by atoms with Crippen LogP contribution in [-0.4, -0.2) is 61.6 Å². The number of nitrogens with zero attached hydrogens (tertiary/aromatic N) is 4. The van der Waals surface area contributed by atoms with Gasteiger partial charge in [0.15, 0.2) is 0 Å². The number of hydrogen-bond donors (Lipinski definition) is 1. The van der Waals surface area contributed by atoms with Gasteiger partial charge in [-0.1, -0.05) is 29.8 Å². The topological polar surface area (TPSA) is 62.6 Å². The Morgan fingerprint density at radius 1 is 1.13 bits per heavy atom. The number of piperazine rings is 1. The van der Waals surface area contributed by atoms with Crippen molar-refractivity contribution in [2.75, 3.05) is 55.7 Å². The summed E-state index contributed by atoms with van der Waals surface area (Å²) in [5.74, 6) is -0.775. The molecule has 2 aromatic carbocycles. The van der Waals surface area contributed by atoms with Gasteiger partial charge in [0.05, 0.1) is 18.8 Å². The maximum absolute atomic E-state index is 14.1. The molecule has 1 N–H and O–H groups in total. The number of nitrogens with one attached hydrogen (secondary N) is 1. The van der Waals surface area contributed by atoms with E-state index in [2.05, 4.69) is 44.5 Å². The van der Waals surface area contributed by atoms with Crippen LogP contribution >= 0.6 is 11.6 Å². The van der Waals surface area contributed by atoms with Gasteiger partial charge in [-0.25, -0.2) is 13.6 Å². The van der Waals surface area contributed by atoms with Crippen LogP contribution in [0.1, 0.15) is 48.3 Å². The second-order valence-electron chi connectivity index (χ2n) is 9.60. The Hall–Kier alpha value is -3.17. The van der Waals surface area contributed by atoms with E-state index in [0.717, 1.165) is 56.0 Å². The van der Waals surface area contributed by atoms with Gasteiger partial charge in [0.1, 0.15) is 11.3 Å². The van der Waals surface area contributed by atoms with Gasteiger partial charge in [-0.15, -0.1) is 0 Å². The van der Waals surface area contributed by atoms with Gasteiger partial charge < -0.3 is 19.9 Å². The summed E-state index contributed by atoms with van der Waals surface area (Å²) >= 11 is 6.43. The number of alkyl halides is 2. The molecule has 3 aromatic rings. The molecule has 2 aliphatic rings. The van der Waals surface area contributed by atoms with Crippen LogP contribution in [0.2, 0.25) is 5.02 Å². The van der Waals surface area contributed by atoms with Crippen LogP contribution < -0.4 is 15.1 Å². The highest BCUT2D eigenvalue weighted by Gasteiger charge is 2.32. The van der Waals surface area contributed by atoms with Crippen molar-refractivity contribution in [1.82, 2.24) is 15.1 Å². The zero-order valence-corrected chi connectivity index (χ0v) is 22.1. The summed E-state index contributed by atoms with van der Waals surface area (Å²) < 4.78 is 34.5. The molecule has 202 valence electrons. The van der Waals surface area contributed by atoms with Crippen molar-refractivity contribution >= 4 is 28.9 Å². The lowest BCUT2D eigenvalue weighted by atomic mass is 9.99. The molecular weight excluding hydrogens is 512 g/mol. The van der Waals surface area contributed by atoms with Crippen LogP contribution in [-0.2, 0) is 4.74 Å². The zero-order chi connectivity index (χ0) is 26.6. The third-order valence-electron chi connectivity index (χ3n) is 7.24. The number of carbonyl (C=O) groups excluding carboxylic acids is 1. The molecule has 0 bridgehead atoms. The van der Waals surface area contributed by atoms with Gasteiger partial charge in [-0.05, 0) is 49.6 Å². The molecule has 2 fully saturated rings. The molecule has 38 heavy (non-hydrogen) atoms. The number of anilines is 2. The number of esters is 1. The van der Waals surface area contributed by atoms with Crippen molar-refractivity contribution < 1.29 is 18.3 Å². The van der Waals surface area contributed by atoms with Crippen LogP contribution in [0.4, 0.5) is 20.2 Å². The van der Waals surface area contributed by atoms with E-state index in [1.54, 1.807) is 6.92 Å². The Morgan fingerprint density at radius 3 is 2.61 bits per heavy atom. The average molecular weight is 544 g/mol. The predicted octanol–water partition coefficient (Wildman–Crippen LogP) is 5.57. The lowest BCUT2D eigenvalue weighted by Gasteiger charge is -2.36. The summed E-state index contributed by atoms with van der Waals surface area (Å²) in [5, 5.41) is 8.21. The molecule has 1 atom stereocenters. The zero-order valence-electron chi connectivity index (χ0n) is 21.4. The second-order valence-corrected chi connectivity index (χ2v) is 10.0. The molecular formula is C28H32ClF2N5O2. The van der Waals surface area contributed by atoms with E-state index in [-0.39, 0.29) is 23.9 Å². The highest BCUT2D eigenvalue weighted by Crippen LogP contribution is 2.38. The third kappa shape index (κ3) is 5.49. The third-order valence-corrected chi connectivity index (χ3v) is 7.47. The van der Waals surface area contributed by atoms with Crippen LogP contribution in [0.15, 0.2) is 48.7 Å². The van der Waals surface area contributed by atoms with E-state index in [4.69, 9.17) is 16.3 Å². The summed E-state index contributed by atoms with van der Waals surface area (Å²) in [4.78, 5) is 16.8. The van der Waals surface area contributed by atoms with Gasteiger partial charge in [0.2, 0.25) is 0 Å². The molecule has 10 heteroatoms. The number of aromatic nitrogens is 2. The Balaban J connectivity index is 1.42. The number of piperidine rings is 1. The number of halogens is 3. The largest absolute Gasteiger partial charge is 0.462 e. The summed E-state index contributed by atoms with van der Waals surface area (Å²) in [7, 11) is 0. The van der Waals surface area contributed by atoms with E-state index in [9.17, 15) is 13.6 Å². The summed E-state index contributed by atoms with van der Waals surface area (Å²) in [6.07, 6.45) is -0.183. The fourth-order valence-corrected chi connectivity index (χ4v) is 5.57. The number of rotatable bonds is 7. The van der Waals surface area contributed by atoms with Gasteiger partial charge in [-0.2, -0.15) is 5.10 Å². The average Bonchev–Trinajstić information content (AvgIpc) is 3.40. The maximum atomic E-state index is 14.1.